The second-order valence-electron chi connectivity index (χ2n) is 5.87. The van der Waals surface area contributed by atoms with Crippen LogP contribution in [-0.2, 0) is 10.0 Å². The van der Waals surface area contributed by atoms with E-state index >= 15 is 0 Å². The number of methoxy groups -OCH3 is 1. The monoisotopic (exact) mass is 371 g/mol. The maximum absolute atomic E-state index is 13.4. The Labute approximate surface area is 151 Å². The summed E-state index contributed by atoms with van der Waals surface area (Å²) in [6.07, 6.45) is 0. The van der Waals surface area contributed by atoms with Crippen LogP contribution in [0.3, 0.4) is 0 Å². The number of hydrogen-bond acceptors (Lipinski definition) is 4. The molecule has 128 valence electrons. The minimum atomic E-state index is -3.68. The van der Waals surface area contributed by atoms with Crippen molar-refractivity contribution in [3.8, 4) is 16.2 Å². The van der Waals surface area contributed by atoms with Crippen LogP contribution < -0.4 is 9.04 Å². The Kier molecular flexibility index (Phi) is 3.81. The van der Waals surface area contributed by atoms with Crippen molar-refractivity contribution in [1.82, 2.24) is 0 Å². The highest BCUT2D eigenvalue weighted by molar-refractivity contribution is 7.92. The number of anilines is 1. The van der Waals surface area contributed by atoms with E-state index in [9.17, 15) is 8.42 Å². The van der Waals surface area contributed by atoms with Crippen LogP contribution in [0.5, 0.6) is 5.75 Å². The second kappa shape index (κ2) is 5.89. The molecule has 1 aliphatic heterocycles. The van der Waals surface area contributed by atoms with Gasteiger partial charge in [-0.2, -0.15) is 0 Å². The van der Waals surface area contributed by atoms with E-state index in [1.807, 2.05) is 36.6 Å². The summed E-state index contributed by atoms with van der Waals surface area (Å²) in [5, 5.41) is 1.94. The van der Waals surface area contributed by atoms with Crippen LogP contribution in [0.2, 0.25) is 0 Å². The minimum Gasteiger partial charge on any atom is -0.497 e. The fraction of sp³-hybridized carbons (Fsp3) is 0.158. The van der Waals surface area contributed by atoms with Gasteiger partial charge in [-0.1, -0.05) is 24.3 Å². The predicted octanol–water partition coefficient (Wildman–Crippen LogP) is 4.69. The van der Waals surface area contributed by atoms with E-state index in [0.29, 0.717) is 5.75 Å². The first kappa shape index (κ1) is 16.2. The van der Waals surface area contributed by atoms with Gasteiger partial charge in [-0.25, -0.2) is 8.42 Å². The normalized spacial score (nSPS) is 16.2. The summed E-state index contributed by atoms with van der Waals surface area (Å²) >= 11 is 1.57. The Morgan fingerprint density at radius 1 is 1.04 bits per heavy atom. The van der Waals surface area contributed by atoms with Gasteiger partial charge in [0.1, 0.15) is 5.75 Å². The third kappa shape index (κ3) is 2.44. The molecule has 0 spiro atoms. The van der Waals surface area contributed by atoms with Gasteiger partial charge in [0.2, 0.25) is 0 Å². The molecule has 3 aromatic rings. The molecule has 1 aromatic heterocycles. The molecule has 4 nitrogen and oxygen atoms in total. The SMILES string of the molecule is COc1ccc(S(=O)(=O)N2c3ccsc3-c3ccccc3[C@H]2C)cc1. The lowest BCUT2D eigenvalue weighted by molar-refractivity contribution is 0.414. The second-order valence-corrected chi connectivity index (χ2v) is 8.61. The van der Waals surface area contributed by atoms with Gasteiger partial charge in [0.15, 0.2) is 0 Å². The Bertz CT molecular complexity index is 1020. The number of thiophene rings is 1. The first-order chi connectivity index (χ1) is 12.0. The van der Waals surface area contributed by atoms with Gasteiger partial charge < -0.3 is 4.74 Å². The molecule has 0 saturated heterocycles. The molecule has 1 atom stereocenters. The fourth-order valence-corrected chi connectivity index (χ4v) is 5.92. The molecule has 2 heterocycles. The summed E-state index contributed by atoms with van der Waals surface area (Å²) in [4.78, 5) is 1.25. The van der Waals surface area contributed by atoms with Gasteiger partial charge in [0.05, 0.1) is 28.6 Å². The summed E-state index contributed by atoms with van der Waals surface area (Å²) in [5.41, 5.74) is 2.88. The van der Waals surface area contributed by atoms with Crippen LogP contribution in [0.1, 0.15) is 18.5 Å². The molecule has 0 amide bonds. The molecule has 4 rings (SSSR count). The van der Waals surface area contributed by atoms with Crippen LogP contribution >= 0.6 is 11.3 Å². The lowest BCUT2D eigenvalue weighted by Crippen LogP contribution is -2.35. The summed E-state index contributed by atoms with van der Waals surface area (Å²) < 4.78 is 33.4. The zero-order valence-electron chi connectivity index (χ0n) is 13.8. The van der Waals surface area contributed by atoms with Crippen molar-refractivity contribution in [2.45, 2.75) is 17.9 Å². The van der Waals surface area contributed by atoms with Gasteiger partial charge in [0, 0.05) is 0 Å². The molecule has 0 N–H and O–H groups in total. The van der Waals surface area contributed by atoms with E-state index in [0.717, 1.165) is 21.7 Å². The molecular weight excluding hydrogens is 354 g/mol. The highest BCUT2D eigenvalue weighted by Gasteiger charge is 2.37. The molecule has 2 aromatic carbocycles. The molecule has 25 heavy (non-hydrogen) atoms. The van der Waals surface area contributed by atoms with Crippen LogP contribution in [0.15, 0.2) is 64.9 Å². The van der Waals surface area contributed by atoms with E-state index in [4.69, 9.17) is 4.74 Å². The van der Waals surface area contributed by atoms with E-state index < -0.39 is 10.0 Å². The Hall–Kier alpha value is -2.31. The molecule has 0 fully saturated rings. The maximum atomic E-state index is 13.4. The lowest BCUT2D eigenvalue weighted by Gasteiger charge is -2.35. The molecular formula is C19H17NO3S2. The molecule has 0 saturated carbocycles. The Morgan fingerprint density at radius 2 is 1.76 bits per heavy atom. The van der Waals surface area contributed by atoms with Crippen molar-refractivity contribution >= 4 is 27.0 Å². The fourth-order valence-electron chi connectivity index (χ4n) is 3.28. The number of fused-ring (bicyclic) bond motifs is 3. The first-order valence-corrected chi connectivity index (χ1v) is 10.2. The van der Waals surface area contributed by atoms with Crippen molar-refractivity contribution in [1.29, 1.82) is 0 Å². The predicted molar refractivity (Wildman–Crippen MR) is 101 cm³/mol. The van der Waals surface area contributed by atoms with Crippen LogP contribution in [0.4, 0.5) is 5.69 Å². The molecule has 0 radical (unpaired) electrons. The average Bonchev–Trinajstić information content (AvgIpc) is 3.11. The number of rotatable bonds is 3. The van der Waals surface area contributed by atoms with Gasteiger partial charge in [0.25, 0.3) is 10.0 Å². The van der Waals surface area contributed by atoms with Gasteiger partial charge >= 0.3 is 0 Å². The summed E-state index contributed by atoms with van der Waals surface area (Å²) in [7, 11) is -2.12. The zero-order chi connectivity index (χ0) is 17.6. The standard InChI is InChI=1S/C19H17NO3S2/c1-13-16-5-3-4-6-17(16)19-18(11-12-24-19)20(13)25(21,22)15-9-7-14(23-2)8-10-15/h3-13H,1-2H3/t13-/m1/s1. The summed E-state index contributed by atoms with van der Waals surface area (Å²) in [6.45, 7) is 1.93. The van der Waals surface area contributed by atoms with E-state index in [1.54, 1.807) is 42.7 Å². The number of benzene rings is 2. The molecule has 0 bridgehead atoms. The smallest absolute Gasteiger partial charge is 0.264 e. The quantitative estimate of drug-likeness (QED) is 0.671. The number of sulfonamides is 1. The van der Waals surface area contributed by atoms with E-state index in [1.165, 1.54) is 4.31 Å². The average molecular weight is 371 g/mol. The molecule has 1 aliphatic rings. The highest BCUT2D eigenvalue weighted by atomic mass is 32.2. The lowest BCUT2D eigenvalue weighted by atomic mass is 9.96. The number of nitrogens with zero attached hydrogens (tertiary/aromatic N) is 1. The van der Waals surface area contributed by atoms with Gasteiger partial charge in [-0.05, 0) is 53.8 Å². The topological polar surface area (TPSA) is 46.6 Å². The zero-order valence-corrected chi connectivity index (χ0v) is 15.5. The van der Waals surface area contributed by atoms with Crippen LogP contribution in [-0.4, -0.2) is 15.5 Å². The Morgan fingerprint density at radius 3 is 2.48 bits per heavy atom. The summed E-state index contributed by atoms with van der Waals surface area (Å²) in [5.74, 6) is 0.632. The highest BCUT2D eigenvalue weighted by Crippen LogP contribution is 2.49. The van der Waals surface area contributed by atoms with Crippen LogP contribution in [0.25, 0.3) is 10.4 Å². The summed E-state index contributed by atoms with van der Waals surface area (Å²) in [6, 6.07) is 16.1. The van der Waals surface area contributed by atoms with Gasteiger partial charge in [-0.15, -0.1) is 11.3 Å². The van der Waals surface area contributed by atoms with Crippen LogP contribution in [0, 0.1) is 0 Å². The number of hydrogen-bond donors (Lipinski definition) is 0. The third-order valence-electron chi connectivity index (χ3n) is 4.51. The molecule has 0 unspecified atom stereocenters. The van der Waals surface area contributed by atoms with Crippen molar-refractivity contribution in [3.05, 3.63) is 65.5 Å². The molecule has 6 heteroatoms. The third-order valence-corrected chi connectivity index (χ3v) is 7.34. The van der Waals surface area contributed by atoms with Crippen molar-refractivity contribution in [3.63, 3.8) is 0 Å². The van der Waals surface area contributed by atoms with Crippen molar-refractivity contribution in [2.75, 3.05) is 11.4 Å². The Balaban J connectivity index is 1.88. The minimum absolute atomic E-state index is 0.261. The number of ether oxygens (including phenoxy) is 1. The van der Waals surface area contributed by atoms with E-state index in [2.05, 4.69) is 6.07 Å². The molecule has 0 aliphatic carbocycles. The van der Waals surface area contributed by atoms with Crippen molar-refractivity contribution in [2.24, 2.45) is 0 Å². The first-order valence-electron chi connectivity index (χ1n) is 7.89. The van der Waals surface area contributed by atoms with Crippen molar-refractivity contribution < 1.29 is 13.2 Å². The largest absolute Gasteiger partial charge is 0.497 e. The van der Waals surface area contributed by atoms with E-state index in [-0.39, 0.29) is 10.9 Å². The maximum Gasteiger partial charge on any atom is 0.264 e. The van der Waals surface area contributed by atoms with Gasteiger partial charge in [-0.3, -0.25) is 4.31 Å².